The van der Waals surface area contributed by atoms with Gasteiger partial charge in [0.05, 0.1) is 12.4 Å². The van der Waals surface area contributed by atoms with Gasteiger partial charge in [0.25, 0.3) is 0 Å². The van der Waals surface area contributed by atoms with E-state index in [2.05, 4.69) is 37.7 Å². The highest BCUT2D eigenvalue weighted by Gasteiger charge is 2.15. The topological polar surface area (TPSA) is 29.0 Å². The molecule has 0 aromatic carbocycles. The molecule has 2 rings (SSSR count). The molecule has 1 fully saturated rings. The fourth-order valence-electron chi connectivity index (χ4n) is 1.59. The van der Waals surface area contributed by atoms with Crippen LogP contribution in [0.4, 0.5) is 5.82 Å². The molecule has 0 aliphatic carbocycles. The average Bonchev–Trinajstić information content (AvgIpc) is 2.44. The second-order valence-electron chi connectivity index (χ2n) is 3.65. The maximum absolute atomic E-state index is 4.38. The highest BCUT2D eigenvalue weighted by atomic mass is 79.9. The quantitative estimate of drug-likeness (QED) is 0.794. The van der Waals surface area contributed by atoms with Crippen LogP contribution < -0.4 is 4.90 Å². The van der Waals surface area contributed by atoms with E-state index in [1.807, 2.05) is 18.0 Å². The summed E-state index contributed by atoms with van der Waals surface area (Å²) in [4.78, 5) is 10.9. The Labute approximate surface area is 103 Å². The molecule has 1 aromatic rings. The van der Waals surface area contributed by atoms with Crippen LogP contribution in [0, 0.1) is 0 Å². The number of halogens is 1. The molecule has 0 radical (unpaired) electrons. The lowest BCUT2D eigenvalue weighted by atomic mass is 10.3. The van der Waals surface area contributed by atoms with Crippen molar-refractivity contribution in [3.05, 3.63) is 17.0 Å². The van der Waals surface area contributed by atoms with Gasteiger partial charge in [0.1, 0.15) is 10.4 Å². The Morgan fingerprint density at radius 1 is 1.40 bits per heavy atom. The SMILES string of the molecule is CC1CCN(c2cnc(Br)cn2)CCS1. The second kappa shape index (κ2) is 5.16. The minimum absolute atomic E-state index is 0.762. The Morgan fingerprint density at radius 2 is 2.27 bits per heavy atom. The molecule has 0 bridgehead atoms. The fraction of sp³-hybridized carbons (Fsp3) is 0.600. The van der Waals surface area contributed by atoms with Crippen molar-refractivity contribution in [2.24, 2.45) is 0 Å². The van der Waals surface area contributed by atoms with Crippen molar-refractivity contribution in [1.29, 1.82) is 0 Å². The molecule has 82 valence electrons. The Kier molecular flexibility index (Phi) is 3.86. The number of hydrogen-bond acceptors (Lipinski definition) is 4. The van der Waals surface area contributed by atoms with Crippen molar-refractivity contribution in [3.8, 4) is 0 Å². The van der Waals surface area contributed by atoms with Crippen LogP contribution in [0.3, 0.4) is 0 Å². The van der Waals surface area contributed by atoms with Crippen LogP contribution in [-0.2, 0) is 0 Å². The highest BCUT2D eigenvalue weighted by molar-refractivity contribution is 9.10. The summed E-state index contributed by atoms with van der Waals surface area (Å²) in [7, 11) is 0. The minimum atomic E-state index is 0.762. The molecule has 1 aliphatic heterocycles. The monoisotopic (exact) mass is 287 g/mol. The van der Waals surface area contributed by atoms with Crippen molar-refractivity contribution in [2.75, 3.05) is 23.7 Å². The van der Waals surface area contributed by atoms with Crippen LogP contribution in [0.15, 0.2) is 17.0 Å². The molecule has 3 nitrogen and oxygen atoms in total. The zero-order valence-electron chi connectivity index (χ0n) is 8.69. The predicted octanol–water partition coefficient (Wildman–Crippen LogP) is 2.57. The molecule has 0 spiro atoms. The zero-order chi connectivity index (χ0) is 10.7. The van der Waals surface area contributed by atoms with Gasteiger partial charge in [0.15, 0.2) is 0 Å². The molecule has 1 saturated heterocycles. The second-order valence-corrected chi connectivity index (χ2v) is 6.01. The Bertz CT molecular complexity index is 317. The van der Waals surface area contributed by atoms with Crippen LogP contribution in [-0.4, -0.2) is 34.1 Å². The summed E-state index contributed by atoms with van der Waals surface area (Å²) in [6, 6.07) is 0. The van der Waals surface area contributed by atoms with Gasteiger partial charge in [-0.1, -0.05) is 6.92 Å². The molecule has 15 heavy (non-hydrogen) atoms. The van der Waals surface area contributed by atoms with E-state index in [0.29, 0.717) is 0 Å². The Morgan fingerprint density at radius 3 is 3.00 bits per heavy atom. The van der Waals surface area contributed by atoms with Gasteiger partial charge in [-0.2, -0.15) is 11.8 Å². The van der Waals surface area contributed by atoms with E-state index in [4.69, 9.17) is 0 Å². The first-order valence-electron chi connectivity index (χ1n) is 5.10. The van der Waals surface area contributed by atoms with E-state index < -0.39 is 0 Å². The number of aromatic nitrogens is 2. The third-order valence-corrected chi connectivity index (χ3v) is 4.13. The van der Waals surface area contributed by atoms with Crippen molar-refractivity contribution < 1.29 is 0 Å². The van der Waals surface area contributed by atoms with Crippen LogP contribution >= 0.6 is 27.7 Å². The summed E-state index contributed by atoms with van der Waals surface area (Å²) in [5.41, 5.74) is 0. The van der Waals surface area contributed by atoms with Gasteiger partial charge in [0.2, 0.25) is 0 Å². The molecule has 1 aromatic heterocycles. The van der Waals surface area contributed by atoms with E-state index in [-0.39, 0.29) is 0 Å². The average molecular weight is 288 g/mol. The maximum Gasteiger partial charge on any atom is 0.147 e. The lowest BCUT2D eigenvalue weighted by molar-refractivity contribution is 0.751. The van der Waals surface area contributed by atoms with Crippen LogP contribution in [0.5, 0.6) is 0 Å². The predicted molar refractivity (Wildman–Crippen MR) is 68.5 cm³/mol. The van der Waals surface area contributed by atoms with Crippen LogP contribution in [0.2, 0.25) is 0 Å². The third-order valence-electron chi connectivity index (χ3n) is 2.50. The number of anilines is 1. The smallest absolute Gasteiger partial charge is 0.147 e. The van der Waals surface area contributed by atoms with Gasteiger partial charge < -0.3 is 4.90 Å². The summed E-state index contributed by atoms with van der Waals surface area (Å²) >= 11 is 5.34. The maximum atomic E-state index is 4.38. The first-order chi connectivity index (χ1) is 7.25. The zero-order valence-corrected chi connectivity index (χ0v) is 11.1. The highest BCUT2D eigenvalue weighted by Crippen LogP contribution is 2.21. The van der Waals surface area contributed by atoms with Gasteiger partial charge >= 0.3 is 0 Å². The van der Waals surface area contributed by atoms with Gasteiger partial charge in [-0.15, -0.1) is 0 Å². The molecule has 5 heteroatoms. The van der Waals surface area contributed by atoms with E-state index in [9.17, 15) is 0 Å². The van der Waals surface area contributed by atoms with E-state index in [1.165, 1.54) is 12.2 Å². The van der Waals surface area contributed by atoms with E-state index >= 15 is 0 Å². The van der Waals surface area contributed by atoms with Gasteiger partial charge in [0, 0.05) is 24.1 Å². The summed E-state index contributed by atoms with van der Waals surface area (Å²) < 4.78 is 0.795. The van der Waals surface area contributed by atoms with Crippen molar-refractivity contribution >= 4 is 33.5 Å². The summed E-state index contributed by atoms with van der Waals surface area (Å²) in [6.07, 6.45) is 4.82. The van der Waals surface area contributed by atoms with Crippen molar-refractivity contribution in [2.45, 2.75) is 18.6 Å². The van der Waals surface area contributed by atoms with E-state index in [1.54, 1.807) is 6.20 Å². The summed E-state index contributed by atoms with van der Waals surface area (Å²) in [5, 5.41) is 0.762. The van der Waals surface area contributed by atoms with Gasteiger partial charge in [-0.05, 0) is 22.4 Å². The lowest BCUT2D eigenvalue weighted by Crippen LogP contribution is -2.26. The fourth-order valence-corrected chi connectivity index (χ4v) is 2.80. The summed E-state index contributed by atoms with van der Waals surface area (Å²) in [5.74, 6) is 2.17. The van der Waals surface area contributed by atoms with Gasteiger partial charge in [-0.3, -0.25) is 0 Å². The molecule has 2 heterocycles. The molecule has 0 amide bonds. The lowest BCUT2D eigenvalue weighted by Gasteiger charge is -2.20. The van der Waals surface area contributed by atoms with Crippen molar-refractivity contribution in [1.82, 2.24) is 9.97 Å². The molecular weight excluding hydrogens is 274 g/mol. The number of nitrogens with zero attached hydrogens (tertiary/aromatic N) is 3. The standard InChI is InChI=1S/C10H14BrN3S/c1-8-2-3-14(4-5-15-8)10-7-12-9(11)6-13-10/h6-8H,2-5H2,1H3. The normalized spacial score (nSPS) is 22.5. The number of rotatable bonds is 1. The molecule has 1 atom stereocenters. The molecule has 0 saturated carbocycles. The Hall–Kier alpha value is -0.290. The first kappa shape index (κ1) is 11.2. The van der Waals surface area contributed by atoms with Gasteiger partial charge in [-0.25, -0.2) is 9.97 Å². The van der Waals surface area contributed by atoms with Crippen LogP contribution in [0.1, 0.15) is 13.3 Å². The summed E-state index contributed by atoms with van der Waals surface area (Å²) in [6.45, 7) is 4.46. The largest absolute Gasteiger partial charge is 0.354 e. The number of hydrogen-bond donors (Lipinski definition) is 0. The molecule has 1 unspecified atom stereocenters. The Balaban J connectivity index is 2.06. The molecule has 0 N–H and O–H groups in total. The first-order valence-corrected chi connectivity index (χ1v) is 6.94. The molecule has 1 aliphatic rings. The minimum Gasteiger partial charge on any atom is -0.354 e. The van der Waals surface area contributed by atoms with Crippen molar-refractivity contribution in [3.63, 3.8) is 0 Å². The molecular formula is C10H14BrN3S. The number of thioether (sulfide) groups is 1. The van der Waals surface area contributed by atoms with Crippen LogP contribution in [0.25, 0.3) is 0 Å². The third kappa shape index (κ3) is 3.08. The van der Waals surface area contributed by atoms with E-state index in [0.717, 1.165) is 28.8 Å².